The Labute approximate surface area is 221 Å². The van der Waals surface area contributed by atoms with Gasteiger partial charge in [-0.15, -0.1) is 10.2 Å². The third kappa shape index (κ3) is 5.64. The zero-order valence-electron chi connectivity index (χ0n) is 20.1. The molecular formula is C25H24F3N5O3S2. The maximum Gasteiger partial charge on any atom is 0.446 e. The van der Waals surface area contributed by atoms with E-state index in [1.807, 2.05) is 29.7 Å². The number of aryl methyl sites for hydroxylation is 1. The van der Waals surface area contributed by atoms with Crippen LogP contribution in [0.25, 0.3) is 16.8 Å². The molecule has 2 N–H and O–H groups in total. The molecule has 1 aromatic carbocycles. The van der Waals surface area contributed by atoms with Gasteiger partial charge in [0.05, 0.1) is 22.3 Å². The number of benzene rings is 1. The van der Waals surface area contributed by atoms with E-state index in [-0.39, 0.29) is 28.0 Å². The lowest BCUT2D eigenvalue weighted by Gasteiger charge is -2.33. The molecule has 1 saturated carbocycles. The number of hydrogen-bond acceptors (Lipinski definition) is 8. The van der Waals surface area contributed by atoms with Gasteiger partial charge in [-0.3, -0.25) is 4.40 Å². The second-order valence-electron chi connectivity index (χ2n) is 9.14. The van der Waals surface area contributed by atoms with Crippen molar-refractivity contribution < 1.29 is 26.7 Å². The lowest BCUT2D eigenvalue weighted by atomic mass is 9.92. The molecule has 4 aromatic rings. The van der Waals surface area contributed by atoms with Crippen molar-refractivity contribution in [3.63, 3.8) is 0 Å². The normalized spacial score (nSPS) is 20.5. The highest BCUT2D eigenvalue weighted by Gasteiger charge is 2.37. The highest BCUT2D eigenvalue weighted by atomic mass is 32.2. The molecule has 1 fully saturated rings. The Bertz CT molecular complexity index is 1540. The maximum absolute atomic E-state index is 13.3. The van der Waals surface area contributed by atoms with Crippen LogP contribution in [0.1, 0.15) is 25.1 Å². The van der Waals surface area contributed by atoms with Crippen molar-refractivity contribution in [3.8, 4) is 11.1 Å². The molecule has 200 valence electrons. The molecule has 8 nitrogen and oxygen atoms in total. The van der Waals surface area contributed by atoms with Gasteiger partial charge in [-0.1, -0.05) is 12.1 Å². The van der Waals surface area contributed by atoms with Gasteiger partial charge in [-0.2, -0.15) is 13.2 Å². The fraction of sp³-hybridized carbons (Fsp3) is 0.320. The molecule has 3 atom stereocenters. The van der Waals surface area contributed by atoms with Gasteiger partial charge in [0.1, 0.15) is 11.6 Å². The molecule has 38 heavy (non-hydrogen) atoms. The van der Waals surface area contributed by atoms with Crippen LogP contribution < -0.4 is 5.32 Å². The number of alkyl halides is 3. The standard InChI is InChI=1S/C25H24F3N5O3S2/c1-15-31-32-24-11-4-17(14-33(15)24)16-2-6-19(7-3-16)38(35,36)20-8-9-21(22(34)12-20)30-23-10-5-18(13-29-23)37-25(26,27)28/h2-7,10-11,13-14,20-22,34H,8-9,12H2,1H3,(H,29,30)/t20-,21-,22-/m1/s1. The van der Waals surface area contributed by atoms with Crippen molar-refractivity contribution in [1.29, 1.82) is 0 Å². The summed E-state index contributed by atoms with van der Waals surface area (Å²) in [4.78, 5) is 4.13. The van der Waals surface area contributed by atoms with Crippen molar-refractivity contribution in [3.05, 3.63) is 66.7 Å². The van der Waals surface area contributed by atoms with E-state index in [4.69, 9.17) is 0 Å². The van der Waals surface area contributed by atoms with Crippen LogP contribution in [0, 0.1) is 6.92 Å². The third-order valence-corrected chi connectivity index (χ3v) is 9.54. The Morgan fingerprint density at radius 3 is 2.42 bits per heavy atom. The van der Waals surface area contributed by atoms with E-state index < -0.39 is 32.7 Å². The summed E-state index contributed by atoms with van der Waals surface area (Å²) in [5, 5.41) is 21.1. The molecule has 0 unspecified atom stereocenters. The topological polar surface area (TPSA) is 109 Å². The van der Waals surface area contributed by atoms with E-state index in [1.54, 1.807) is 24.3 Å². The number of aromatic nitrogens is 4. The average molecular weight is 564 g/mol. The second kappa shape index (κ2) is 10.2. The molecule has 5 rings (SSSR count). The summed E-state index contributed by atoms with van der Waals surface area (Å²) >= 11 is -0.255. The number of sulfone groups is 1. The highest BCUT2D eigenvalue weighted by molar-refractivity contribution is 8.00. The van der Waals surface area contributed by atoms with E-state index in [0.717, 1.165) is 28.8 Å². The van der Waals surface area contributed by atoms with Crippen LogP contribution in [0.2, 0.25) is 0 Å². The van der Waals surface area contributed by atoms with Gasteiger partial charge in [-0.05, 0) is 85.5 Å². The van der Waals surface area contributed by atoms with Crippen LogP contribution >= 0.6 is 11.8 Å². The van der Waals surface area contributed by atoms with Gasteiger partial charge in [0.25, 0.3) is 0 Å². The molecule has 13 heteroatoms. The van der Waals surface area contributed by atoms with Gasteiger partial charge in [0.15, 0.2) is 15.5 Å². The average Bonchev–Trinajstić information content (AvgIpc) is 3.25. The number of halogens is 3. The monoisotopic (exact) mass is 563 g/mol. The number of fused-ring (bicyclic) bond motifs is 1. The number of aliphatic hydroxyl groups is 1. The summed E-state index contributed by atoms with van der Waals surface area (Å²) in [7, 11) is -3.68. The molecular weight excluding hydrogens is 539 g/mol. The van der Waals surface area contributed by atoms with Crippen molar-refractivity contribution >= 4 is 33.1 Å². The predicted octanol–water partition coefficient (Wildman–Crippen LogP) is 4.88. The Balaban J connectivity index is 1.24. The zero-order valence-corrected chi connectivity index (χ0v) is 21.8. The van der Waals surface area contributed by atoms with Gasteiger partial charge < -0.3 is 10.4 Å². The van der Waals surface area contributed by atoms with Gasteiger partial charge >= 0.3 is 5.51 Å². The summed E-state index contributed by atoms with van der Waals surface area (Å²) in [5.41, 5.74) is -1.94. The van der Waals surface area contributed by atoms with E-state index in [0.29, 0.717) is 18.7 Å². The van der Waals surface area contributed by atoms with E-state index in [2.05, 4.69) is 20.5 Å². The largest absolute Gasteiger partial charge is 0.446 e. The van der Waals surface area contributed by atoms with E-state index in [1.165, 1.54) is 12.1 Å². The van der Waals surface area contributed by atoms with Crippen molar-refractivity contribution in [1.82, 2.24) is 19.6 Å². The predicted molar refractivity (Wildman–Crippen MR) is 138 cm³/mol. The Hall–Kier alpha value is -3.16. The molecule has 0 saturated heterocycles. The fourth-order valence-corrected chi connectivity index (χ4v) is 6.92. The van der Waals surface area contributed by atoms with Gasteiger partial charge in [-0.25, -0.2) is 13.4 Å². The van der Waals surface area contributed by atoms with Crippen molar-refractivity contribution in [2.45, 2.75) is 58.9 Å². The lowest BCUT2D eigenvalue weighted by Crippen LogP contribution is -2.43. The molecule has 0 aliphatic heterocycles. The first kappa shape index (κ1) is 26.4. The second-order valence-corrected chi connectivity index (χ2v) is 12.5. The molecule has 3 heterocycles. The van der Waals surface area contributed by atoms with Crippen LogP contribution in [0.4, 0.5) is 19.0 Å². The minimum absolute atomic E-state index is 0.0351. The van der Waals surface area contributed by atoms with Crippen molar-refractivity contribution in [2.75, 3.05) is 5.32 Å². The smallest absolute Gasteiger partial charge is 0.391 e. The molecule has 0 radical (unpaired) electrons. The maximum atomic E-state index is 13.3. The number of rotatable bonds is 6. The summed E-state index contributed by atoms with van der Waals surface area (Å²) in [6.07, 6.45) is 2.77. The first-order valence-electron chi connectivity index (χ1n) is 11.8. The van der Waals surface area contributed by atoms with E-state index in [9.17, 15) is 26.7 Å². The van der Waals surface area contributed by atoms with Crippen LogP contribution in [0.15, 0.2) is 70.7 Å². The first-order chi connectivity index (χ1) is 18.0. The van der Waals surface area contributed by atoms with Crippen LogP contribution in [0.3, 0.4) is 0 Å². The number of aliphatic hydroxyl groups excluding tert-OH is 1. The number of nitrogens with zero attached hydrogens (tertiary/aromatic N) is 4. The van der Waals surface area contributed by atoms with Crippen LogP contribution in [-0.4, -0.2) is 56.0 Å². The summed E-state index contributed by atoms with van der Waals surface area (Å²) in [6.45, 7) is 1.85. The molecule has 1 aliphatic rings. The van der Waals surface area contributed by atoms with Crippen LogP contribution in [0.5, 0.6) is 0 Å². The lowest BCUT2D eigenvalue weighted by molar-refractivity contribution is -0.0328. The van der Waals surface area contributed by atoms with Crippen molar-refractivity contribution in [2.24, 2.45) is 0 Å². The number of hydrogen-bond donors (Lipinski definition) is 2. The first-order valence-corrected chi connectivity index (χ1v) is 14.2. The minimum Gasteiger partial charge on any atom is -0.391 e. The highest BCUT2D eigenvalue weighted by Crippen LogP contribution is 2.37. The summed E-state index contributed by atoms with van der Waals surface area (Å²) < 4.78 is 66.0. The Morgan fingerprint density at radius 1 is 1.03 bits per heavy atom. The summed E-state index contributed by atoms with van der Waals surface area (Å²) in [5.74, 6) is 1.07. The molecule has 3 aromatic heterocycles. The molecule has 0 amide bonds. The fourth-order valence-electron chi connectivity index (χ4n) is 4.61. The number of thioether (sulfide) groups is 1. The van der Waals surface area contributed by atoms with Crippen LogP contribution in [-0.2, 0) is 9.84 Å². The zero-order chi connectivity index (χ0) is 27.1. The van der Waals surface area contributed by atoms with Gasteiger partial charge in [0, 0.05) is 17.3 Å². The number of anilines is 1. The summed E-state index contributed by atoms with van der Waals surface area (Å²) in [6, 6.07) is 12.7. The van der Waals surface area contributed by atoms with E-state index >= 15 is 0 Å². The molecule has 0 bridgehead atoms. The van der Waals surface area contributed by atoms with Gasteiger partial charge in [0.2, 0.25) is 0 Å². The quantitative estimate of drug-likeness (QED) is 0.320. The Morgan fingerprint density at radius 2 is 1.76 bits per heavy atom. The Kier molecular flexibility index (Phi) is 7.09. The molecule has 1 aliphatic carbocycles. The number of nitrogens with one attached hydrogen (secondary N) is 1. The third-order valence-electron chi connectivity index (χ3n) is 6.60. The SMILES string of the molecule is Cc1nnc2ccc(-c3ccc(S(=O)(=O)[C@@H]4CC[C@@H](Nc5ccc(SC(F)(F)F)cn5)[C@H](O)C4)cc3)cn12. The molecule has 0 spiro atoms. The number of pyridine rings is 2. The minimum atomic E-state index is -4.40.